The Bertz CT molecular complexity index is 735. The molecule has 4 unspecified atom stereocenters. The molecule has 7 atom stereocenters. The van der Waals surface area contributed by atoms with Crippen LogP contribution in [0.15, 0.2) is 23.3 Å². The number of hydrogen-bond donors (Lipinski definition) is 3. The summed E-state index contributed by atoms with van der Waals surface area (Å²) in [5.74, 6) is -0.297. The number of aliphatic hydroxyl groups is 2. The Hall–Kier alpha value is -1.66. The van der Waals surface area contributed by atoms with Crippen LogP contribution in [0.1, 0.15) is 33.6 Å². The maximum absolute atomic E-state index is 12.7. The van der Waals surface area contributed by atoms with Crippen LogP contribution in [-0.4, -0.2) is 45.6 Å². The van der Waals surface area contributed by atoms with Crippen LogP contribution in [0.4, 0.5) is 4.79 Å². The van der Waals surface area contributed by atoms with Gasteiger partial charge < -0.3 is 20.1 Å². The van der Waals surface area contributed by atoms with Gasteiger partial charge in [0.2, 0.25) is 0 Å². The number of ether oxygens (including phenoxy) is 1. The first kappa shape index (κ1) is 17.7. The van der Waals surface area contributed by atoms with Crippen molar-refractivity contribution < 1.29 is 29.6 Å². The molecule has 0 aromatic heterocycles. The zero-order chi connectivity index (χ0) is 19.0. The van der Waals surface area contributed by atoms with Gasteiger partial charge in [-0.2, -0.15) is 0 Å². The third-order valence-corrected chi connectivity index (χ3v) is 7.38. The topological polar surface area (TPSA) is 104 Å². The van der Waals surface area contributed by atoms with Gasteiger partial charge >= 0.3 is 6.16 Å². The molecule has 2 saturated carbocycles. The summed E-state index contributed by atoms with van der Waals surface area (Å²) >= 11 is 0. The SMILES string of the molecule is CC1=CC2C3C[C@@H](OC(=O)O)C4C([C@@H]3C=C(CO)C[C@]2(O)C1=O)C4(C)C. The van der Waals surface area contributed by atoms with Gasteiger partial charge in [0, 0.05) is 18.3 Å². The first-order chi connectivity index (χ1) is 12.1. The normalized spacial score (nSPS) is 45.5. The zero-order valence-electron chi connectivity index (χ0n) is 15.3. The van der Waals surface area contributed by atoms with Crippen LogP contribution in [0, 0.1) is 35.0 Å². The molecule has 142 valence electrons. The van der Waals surface area contributed by atoms with E-state index in [-0.39, 0.29) is 53.8 Å². The molecule has 0 aromatic rings. The van der Waals surface area contributed by atoms with E-state index in [4.69, 9.17) is 9.84 Å². The average Bonchev–Trinajstić information content (AvgIpc) is 3.10. The maximum atomic E-state index is 12.7. The van der Waals surface area contributed by atoms with E-state index in [1.54, 1.807) is 6.92 Å². The highest BCUT2D eigenvalue weighted by Gasteiger charge is 2.70. The fraction of sp³-hybridized carbons (Fsp3) is 0.700. The smallest absolute Gasteiger partial charge is 0.450 e. The van der Waals surface area contributed by atoms with Gasteiger partial charge in [-0.3, -0.25) is 4.79 Å². The predicted molar refractivity (Wildman–Crippen MR) is 92.2 cm³/mol. The van der Waals surface area contributed by atoms with E-state index >= 15 is 0 Å². The van der Waals surface area contributed by atoms with Gasteiger partial charge in [-0.15, -0.1) is 0 Å². The van der Waals surface area contributed by atoms with Crippen molar-refractivity contribution in [2.75, 3.05) is 6.61 Å². The Morgan fingerprint density at radius 3 is 2.62 bits per heavy atom. The Kier molecular flexibility index (Phi) is 3.70. The van der Waals surface area contributed by atoms with Crippen molar-refractivity contribution in [3.8, 4) is 0 Å². The van der Waals surface area contributed by atoms with Crippen LogP contribution in [0.5, 0.6) is 0 Å². The van der Waals surface area contributed by atoms with Crippen LogP contribution >= 0.6 is 0 Å². The van der Waals surface area contributed by atoms with Gasteiger partial charge in [-0.05, 0) is 47.7 Å². The number of allylic oxidation sites excluding steroid dienone is 1. The number of carbonyl (C=O) groups is 2. The van der Waals surface area contributed by atoms with Crippen molar-refractivity contribution in [3.05, 3.63) is 23.3 Å². The summed E-state index contributed by atoms with van der Waals surface area (Å²) in [5.41, 5.74) is -0.373. The Morgan fingerprint density at radius 1 is 1.31 bits per heavy atom. The summed E-state index contributed by atoms with van der Waals surface area (Å²) in [5, 5.41) is 30.2. The molecule has 0 saturated heterocycles. The number of carbonyl (C=O) groups excluding carboxylic acids is 1. The number of hydrogen-bond acceptors (Lipinski definition) is 5. The van der Waals surface area contributed by atoms with Gasteiger partial charge in [0.05, 0.1) is 6.61 Å². The van der Waals surface area contributed by atoms with Crippen LogP contribution in [0.2, 0.25) is 0 Å². The molecular weight excluding hydrogens is 336 g/mol. The molecule has 4 aliphatic carbocycles. The van der Waals surface area contributed by atoms with Crippen molar-refractivity contribution in [2.24, 2.45) is 35.0 Å². The second-order valence-electron chi connectivity index (χ2n) is 9.06. The van der Waals surface area contributed by atoms with Crippen LogP contribution in [0.25, 0.3) is 0 Å². The minimum atomic E-state index is -1.54. The second kappa shape index (κ2) is 5.42. The Labute approximate surface area is 152 Å². The van der Waals surface area contributed by atoms with Crippen molar-refractivity contribution in [1.29, 1.82) is 0 Å². The maximum Gasteiger partial charge on any atom is 0.506 e. The molecule has 0 spiro atoms. The molecule has 3 N–H and O–H groups in total. The van der Waals surface area contributed by atoms with Crippen molar-refractivity contribution in [1.82, 2.24) is 0 Å². The van der Waals surface area contributed by atoms with Gasteiger partial charge in [-0.1, -0.05) is 26.0 Å². The van der Waals surface area contributed by atoms with Crippen molar-refractivity contribution in [3.63, 3.8) is 0 Å². The molecule has 0 bridgehead atoms. The quantitative estimate of drug-likeness (QED) is 0.514. The summed E-state index contributed by atoms with van der Waals surface area (Å²) in [6.07, 6.45) is 2.81. The molecular formula is C20H26O6. The third kappa shape index (κ3) is 2.24. The third-order valence-electron chi connectivity index (χ3n) is 7.38. The van der Waals surface area contributed by atoms with Crippen LogP contribution in [-0.2, 0) is 9.53 Å². The lowest BCUT2D eigenvalue weighted by molar-refractivity contribution is -0.138. The number of aliphatic hydroxyl groups excluding tert-OH is 1. The van der Waals surface area contributed by atoms with Gasteiger partial charge in [0.15, 0.2) is 5.78 Å². The first-order valence-electron chi connectivity index (χ1n) is 9.27. The molecule has 26 heavy (non-hydrogen) atoms. The molecule has 6 nitrogen and oxygen atoms in total. The van der Waals surface area contributed by atoms with Gasteiger partial charge in [0.1, 0.15) is 11.7 Å². The van der Waals surface area contributed by atoms with Crippen LogP contribution in [0.3, 0.4) is 0 Å². The summed E-state index contributed by atoms with van der Waals surface area (Å²) in [6, 6.07) is 0. The predicted octanol–water partition coefficient (Wildman–Crippen LogP) is 2.16. The summed E-state index contributed by atoms with van der Waals surface area (Å²) in [4.78, 5) is 23.9. The second-order valence-corrected chi connectivity index (χ2v) is 9.06. The van der Waals surface area contributed by atoms with Gasteiger partial charge in [0.25, 0.3) is 0 Å². The molecule has 6 heteroatoms. The van der Waals surface area contributed by atoms with E-state index < -0.39 is 17.9 Å². The van der Waals surface area contributed by atoms with Gasteiger partial charge in [-0.25, -0.2) is 4.79 Å². The molecule has 2 fully saturated rings. The standard InChI is InChI=1S/C20H26O6/c1-9-4-13-11-6-14(26-18(23)24)16-15(19(16,2)3)12(11)5-10(8-21)7-20(13,25)17(9)22/h4-5,11-16,21,25H,6-8H2,1-3H3,(H,23,24)/t11?,12-,13?,14-,15?,16?,20-/m1/s1. The molecule has 0 heterocycles. The first-order valence-corrected chi connectivity index (χ1v) is 9.27. The minimum absolute atomic E-state index is 0.0690. The number of fused-ring (bicyclic) bond motifs is 5. The highest BCUT2D eigenvalue weighted by molar-refractivity contribution is 6.04. The lowest BCUT2D eigenvalue weighted by Crippen LogP contribution is -2.47. The van der Waals surface area contributed by atoms with E-state index in [0.29, 0.717) is 17.6 Å². The summed E-state index contributed by atoms with van der Waals surface area (Å²) < 4.78 is 5.22. The highest BCUT2D eigenvalue weighted by atomic mass is 16.7. The number of ketones is 1. The van der Waals surface area contributed by atoms with Crippen molar-refractivity contribution in [2.45, 2.75) is 45.3 Å². The largest absolute Gasteiger partial charge is 0.506 e. The minimum Gasteiger partial charge on any atom is -0.450 e. The number of carboxylic acid groups (broad SMARTS) is 1. The molecule has 0 amide bonds. The fourth-order valence-corrected chi connectivity index (χ4v) is 6.30. The molecule has 0 aromatic carbocycles. The van der Waals surface area contributed by atoms with E-state index in [1.807, 2.05) is 12.2 Å². The number of rotatable bonds is 2. The fourth-order valence-electron chi connectivity index (χ4n) is 6.30. The molecule has 4 aliphatic rings. The summed E-state index contributed by atoms with van der Waals surface area (Å²) in [6.45, 7) is 5.77. The lowest BCUT2D eigenvalue weighted by Gasteiger charge is -2.39. The highest BCUT2D eigenvalue weighted by Crippen LogP contribution is 2.71. The van der Waals surface area contributed by atoms with E-state index in [2.05, 4.69) is 13.8 Å². The molecule has 0 radical (unpaired) electrons. The molecule has 4 rings (SSSR count). The van der Waals surface area contributed by atoms with E-state index in [0.717, 1.165) is 0 Å². The van der Waals surface area contributed by atoms with E-state index in [1.165, 1.54) is 0 Å². The average molecular weight is 362 g/mol. The van der Waals surface area contributed by atoms with Crippen LogP contribution < -0.4 is 0 Å². The molecule has 0 aliphatic heterocycles. The zero-order valence-corrected chi connectivity index (χ0v) is 15.3. The van der Waals surface area contributed by atoms with Crippen molar-refractivity contribution >= 4 is 11.9 Å². The Balaban J connectivity index is 1.78. The number of Topliss-reactive ketones (excluding diaryl/α,β-unsaturated/α-hetero) is 1. The lowest BCUT2D eigenvalue weighted by atomic mass is 9.68. The monoisotopic (exact) mass is 362 g/mol. The Morgan fingerprint density at radius 2 is 2.00 bits per heavy atom. The summed E-state index contributed by atoms with van der Waals surface area (Å²) in [7, 11) is 0. The van der Waals surface area contributed by atoms with E-state index in [9.17, 15) is 19.8 Å².